The molecule has 20 aromatic rings. The van der Waals surface area contributed by atoms with E-state index in [0.717, 1.165) is 44.5 Å². The Hall–Kier alpha value is -13.8. The summed E-state index contributed by atoms with van der Waals surface area (Å²) in [7, 11) is 6.64. The molecule has 0 fully saturated rings. The molecule has 0 spiro atoms. The Morgan fingerprint density at radius 1 is 0.309 bits per heavy atom. The van der Waals surface area contributed by atoms with E-state index in [9.17, 15) is 0 Å². The SMILES string of the molecule is [2H]C([2H])([2H])c1cc(-c2c(C)ccc3c2oc2c4c(ccc23)-c2cccnc2C4(C)C([2H])([2H])[2H])[n+](C)cc1C([2H])(C)C([2H])([2H])[2H].[2H]C([2H])([2H])c1cc(-c2c(C)ccc3c2oc2cc4c(cc23)-c2cccnc2C4(C([2H])([2H])[2H])C([2H])([2H])[2H])[n+](C)cc1C([2H])(C)C([2H])([2H])[2H].[2H]C([2H])([2H])c1cc(-c2c(C)ccc3c2oc2cc4c(cc23)C(C)(C([2H])([2H])[2H])c2ncccc2-4)[n+](C)cc1C([2H])(C)C([2H])([2H])[2H].[2H]C([2H])([2H])c1cc(-c2c(C)ccc3c2oc2nc4c(cc23)C(C)(C([2H])([2H])[2H])c2ccccc2-4)[n+](C)cc1C([2H])(C)C([2H])([2H])[2H]. The number of hydrogen-bond donors (Lipinski definition) is 0. The summed E-state index contributed by atoms with van der Waals surface area (Å²) in [5.41, 5.74) is 10.7. The van der Waals surface area contributed by atoms with Gasteiger partial charge in [0.15, 0.2) is 30.4 Å². The minimum Gasteiger partial charge on any atom is -0.455 e. The molecule has 680 valence electrons. The average Bonchev–Trinajstić information content (AvgIpc) is 1.46. The number of pyridine rings is 8. The molecule has 0 bridgehead atoms. The van der Waals surface area contributed by atoms with E-state index in [0.29, 0.717) is 183 Å². The molecule has 0 saturated heterocycles. The third-order valence-corrected chi connectivity index (χ3v) is 27.9. The van der Waals surface area contributed by atoms with Crippen molar-refractivity contribution in [3.05, 3.63) is 331 Å². The zero-order chi connectivity index (χ0) is 132. The van der Waals surface area contributed by atoms with Gasteiger partial charge in [0.1, 0.15) is 61.7 Å². The average molecular weight is 1830 g/mol. The quantitative estimate of drug-likeness (QED) is 0.138. The van der Waals surface area contributed by atoms with Crippen LogP contribution in [0.25, 0.3) is 178 Å². The van der Waals surface area contributed by atoms with Crippen molar-refractivity contribution in [2.45, 2.75) is 210 Å². The maximum Gasteiger partial charge on any atom is 0.227 e. The Bertz CT molecular complexity index is 10100. The monoisotopic (exact) mass is 1830 g/mol. The van der Waals surface area contributed by atoms with Gasteiger partial charge in [0.25, 0.3) is 0 Å². The number of aromatic nitrogens is 8. The van der Waals surface area contributed by atoms with Gasteiger partial charge in [-0.3, -0.25) is 15.0 Å². The van der Waals surface area contributed by atoms with Gasteiger partial charge in [0.2, 0.25) is 28.5 Å². The van der Waals surface area contributed by atoms with E-state index in [4.69, 9.17) is 81.6 Å². The molecular formula is C124H124N8O4+4. The maximum absolute atomic E-state index is 8.68. The smallest absolute Gasteiger partial charge is 0.227 e. The van der Waals surface area contributed by atoms with E-state index in [1.807, 2.05) is 136 Å². The Balaban J connectivity index is 0.000000134. The zero-order valence-electron chi connectivity index (χ0n) is 120. The first kappa shape index (κ1) is 52.3. The summed E-state index contributed by atoms with van der Waals surface area (Å²) in [6, 6.07) is 51.0. The van der Waals surface area contributed by atoms with Crippen molar-refractivity contribution < 1.29 is 94.9 Å². The first-order valence-corrected chi connectivity index (χ1v) is 44.6. The Morgan fingerprint density at radius 2 is 0.676 bits per heavy atom. The van der Waals surface area contributed by atoms with Gasteiger partial charge < -0.3 is 17.7 Å². The first-order valence-electron chi connectivity index (χ1n) is 66.1. The molecule has 12 heteroatoms. The summed E-state index contributed by atoms with van der Waals surface area (Å²) < 4.78 is 389. The van der Waals surface area contributed by atoms with Gasteiger partial charge in [-0.25, -0.2) is 23.3 Å². The van der Waals surface area contributed by atoms with E-state index in [2.05, 4.69) is 15.0 Å². The van der Waals surface area contributed by atoms with Gasteiger partial charge in [-0.15, -0.1) is 0 Å². The van der Waals surface area contributed by atoms with E-state index in [-0.39, 0.29) is 61.3 Å². The van der Waals surface area contributed by atoms with Crippen LogP contribution < -0.4 is 18.3 Å². The van der Waals surface area contributed by atoms with Crippen LogP contribution in [0.3, 0.4) is 0 Å². The molecule has 12 nitrogen and oxygen atoms in total. The minimum absolute atomic E-state index is 0.0498. The summed E-state index contributed by atoms with van der Waals surface area (Å²) >= 11 is 0. The Morgan fingerprint density at radius 3 is 1.14 bits per heavy atom. The fraction of sp³-hybridized carbons (Fsp3) is 0.290. The predicted molar refractivity (Wildman–Crippen MR) is 557 cm³/mol. The molecular weight excluding hydrogens is 1670 g/mol. The summed E-state index contributed by atoms with van der Waals surface area (Å²) in [5, 5.41) is 5.34. The lowest BCUT2D eigenvalue weighted by molar-refractivity contribution is -0.661. The third kappa shape index (κ3) is 13.5. The number of furan rings is 4. The van der Waals surface area contributed by atoms with Crippen LogP contribution in [0.2, 0.25) is 0 Å². The molecule has 136 heavy (non-hydrogen) atoms. The number of hydrogen-bond acceptors (Lipinski definition) is 8. The minimum atomic E-state index is -3.00. The third-order valence-electron chi connectivity index (χ3n) is 27.9. The molecule has 24 rings (SSSR count). The molecule has 8 aromatic carbocycles. The van der Waals surface area contributed by atoms with Gasteiger partial charge in [0.05, 0.1) is 45.0 Å². The van der Waals surface area contributed by atoms with Crippen molar-refractivity contribution in [2.24, 2.45) is 28.2 Å². The summed E-state index contributed by atoms with van der Waals surface area (Å²) in [6.45, 7) is -17.9. The van der Waals surface area contributed by atoms with Crippen molar-refractivity contribution in [2.75, 3.05) is 0 Å². The van der Waals surface area contributed by atoms with Crippen molar-refractivity contribution >= 4 is 87.9 Å². The largest absolute Gasteiger partial charge is 0.455 e. The highest BCUT2D eigenvalue weighted by molar-refractivity contribution is 6.16. The highest BCUT2D eigenvalue weighted by Gasteiger charge is 2.44. The molecule has 0 radical (unpaired) electrons. The number of fused-ring (bicyclic) bond motifs is 25. The van der Waals surface area contributed by atoms with Crippen molar-refractivity contribution in [1.29, 1.82) is 0 Å². The van der Waals surface area contributed by atoms with Crippen LogP contribution in [0.4, 0.5) is 0 Å². The number of benzene rings is 8. The molecule has 0 aliphatic heterocycles. The number of rotatable bonds is 8. The van der Waals surface area contributed by atoms with Crippen LogP contribution in [0.1, 0.15) is 304 Å². The molecule has 12 aromatic heterocycles. The molecule has 12 heterocycles. The number of aryl methyl sites for hydroxylation is 12. The second-order valence-corrected chi connectivity index (χ2v) is 37.1. The van der Waals surface area contributed by atoms with Crippen LogP contribution in [0, 0.1) is 55.1 Å². The van der Waals surface area contributed by atoms with E-state index in [1.54, 1.807) is 117 Å². The first-order chi connectivity index (χ1) is 82.0. The maximum atomic E-state index is 8.68. The Labute approximate surface area is 859 Å². The van der Waals surface area contributed by atoms with Crippen LogP contribution in [0.15, 0.2) is 237 Å². The molecule has 7 atom stereocenters. The lowest BCUT2D eigenvalue weighted by Gasteiger charge is -2.20. The lowest BCUT2D eigenvalue weighted by Crippen LogP contribution is -2.32. The lowest BCUT2D eigenvalue weighted by atomic mass is 9.82. The van der Waals surface area contributed by atoms with Gasteiger partial charge in [-0.2, -0.15) is 0 Å². The van der Waals surface area contributed by atoms with E-state index >= 15 is 0 Å². The molecule has 7 unspecified atom stereocenters. The summed E-state index contributed by atoms with van der Waals surface area (Å²) in [4.78, 5) is 18.1. The summed E-state index contributed by atoms with van der Waals surface area (Å²) in [5.74, 6) is -8.76. The van der Waals surface area contributed by atoms with Crippen molar-refractivity contribution in [3.8, 4) is 89.7 Å². The molecule has 4 aliphatic carbocycles. The number of nitrogens with zero attached hydrogens (tertiary/aromatic N) is 8. The zero-order valence-corrected chi connectivity index (χ0v) is 77.5. The van der Waals surface area contributed by atoms with Crippen LogP contribution in [-0.2, 0) is 49.9 Å². The molecule has 4 aliphatic rings. The fourth-order valence-electron chi connectivity index (χ4n) is 21.0. The normalized spacial score (nSPS) is 23.9. The molecule has 0 saturated carbocycles. The van der Waals surface area contributed by atoms with E-state index < -0.39 is 134 Å². The second-order valence-electron chi connectivity index (χ2n) is 37.1. The summed E-state index contributed by atoms with van der Waals surface area (Å²) in [6.07, 6.45) is 10.2. The van der Waals surface area contributed by atoms with Crippen molar-refractivity contribution in [1.82, 2.24) is 19.9 Å². The molecule has 0 amide bonds. The molecule has 0 N–H and O–H groups in total. The van der Waals surface area contributed by atoms with Crippen LogP contribution in [0.5, 0.6) is 0 Å². The fourth-order valence-corrected chi connectivity index (χ4v) is 21.0. The predicted octanol–water partition coefficient (Wildman–Crippen LogP) is 30.1. The van der Waals surface area contributed by atoms with Crippen molar-refractivity contribution in [3.63, 3.8) is 0 Å². The van der Waals surface area contributed by atoms with Gasteiger partial charge in [0, 0.05) is 217 Å². The topological polar surface area (TPSA) is 120 Å². The van der Waals surface area contributed by atoms with Gasteiger partial charge in [-0.05, 0) is 231 Å². The van der Waals surface area contributed by atoms with Crippen LogP contribution >= 0.6 is 0 Å². The van der Waals surface area contributed by atoms with Gasteiger partial charge >= 0.3 is 0 Å². The van der Waals surface area contributed by atoms with E-state index in [1.165, 1.54) is 89.0 Å². The Kier molecular flexibility index (Phi) is 12.3. The second kappa shape index (κ2) is 31.9. The van der Waals surface area contributed by atoms with Gasteiger partial charge in [-0.1, -0.05) is 193 Å². The highest BCUT2D eigenvalue weighted by atomic mass is 16.3. The highest BCUT2D eigenvalue weighted by Crippen LogP contribution is 2.57. The standard InChI is InChI=1S/4C31H31N2O/c1-17(2)24-16-33(7)25(15-19(24)4)26-18(3)10-11-21-22-13-12-20-23-9-8-14-32-30(23)31(5,6)27(20)29(22)34-28(21)26;1-17(2)24-16-33(7)26(13-19(24)4)28-18(3)10-11-20-23-14-25-22(15-27(23)34-29(20)28)21-9-8-12-32-30(21)31(25,5)6;1-17(2)24-16-33(7)26(13-19(24)4)28-18(3)10-11-20-23-14-22-21-9-8-12-32-30(21)31(5,6)25(22)15-27(23)34-29(20)28;1-17(2)23-16-33(7)26(14-19(23)4)27-18(3)12-13-20-22-15-25-28(32-30(22)34-29(20)27)21-10-8-9-11-24(21)31(25,5)6/h4*8-17H,1-7H3/q4*+1/i2*1D3,4D3,5D3,17D;1D3,4D3,5D3,6D3,17D;1D3,4D3,5D3,17D. The van der Waals surface area contributed by atoms with Crippen LogP contribution in [-0.4, -0.2) is 19.9 Å².